The van der Waals surface area contributed by atoms with Crippen LogP contribution in [0.4, 0.5) is 5.82 Å². The summed E-state index contributed by atoms with van der Waals surface area (Å²) in [5, 5.41) is 7.18. The highest BCUT2D eigenvalue weighted by molar-refractivity contribution is 6.31. The summed E-state index contributed by atoms with van der Waals surface area (Å²) in [5.41, 5.74) is 1.58. The second-order valence-corrected chi connectivity index (χ2v) is 7.34. The maximum absolute atomic E-state index is 12.0. The Labute approximate surface area is 161 Å². The Hall–Kier alpha value is -2.38. The Morgan fingerprint density at radius 3 is 2.89 bits per heavy atom. The monoisotopic (exact) mass is 388 g/mol. The molecule has 0 atom stereocenters. The van der Waals surface area contributed by atoms with E-state index in [0.29, 0.717) is 28.9 Å². The van der Waals surface area contributed by atoms with Crippen LogP contribution in [-0.4, -0.2) is 40.6 Å². The molecule has 1 aromatic carbocycles. The smallest absolute Gasteiger partial charge is 0.226 e. The van der Waals surface area contributed by atoms with Crippen molar-refractivity contribution in [1.29, 1.82) is 0 Å². The number of aromatic nitrogens is 2. The van der Waals surface area contributed by atoms with Gasteiger partial charge < -0.3 is 19.2 Å². The number of halogens is 1. The molecule has 0 aliphatic carbocycles. The highest BCUT2D eigenvalue weighted by atomic mass is 35.5. The molecule has 142 valence electrons. The highest BCUT2D eigenvalue weighted by Crippen LogP contribution is 2.30. The molecule has 2 aromatic heterocycles. The molecule has 3 aromatic rings. The summed E-state index contributed by atoms with van der Waals surface area (Å²) in [6.45, 7) is 4.35. The van der Waals surface area contributed by atoms with E-state index < -0.39 is 0 Å². The van der Waals surface area contributed by atoms with E-state index in [1.54, 1.807) is 13.0 Å². The van der Waals surface area contributed by atoms with Gasteiger partial charge in [-0.15, -0.1) is 0 Å². The summed E-state index contributed by atoms with van der Waals surface area (Å²) in [4.78, 5) is 18.9. The molecule has 0 bridgehead atoms. The molecular weight excluding hydrogens is 368 g/mol. The number of anilines is 1. The molecule has 1 fully saturated rings. The molecule has 4 rings (SSSR count). The van der Waals surface area contributed by atoms with Gasteiger partial charge in [0.2, 0.25) is 5.91 Å². The first-order valence-corrected chi connectivity index (χ1v) is 9.46. The fourth-order valence-corrected chi connectivity index (χ4v) is 3.55. The number of nitrogens with one attached hydrogen (secondary N) is 1. The number of likely N-dealkylation sites (tertiary alicyclic amines) is 1. The van der Waals surface area contributed by atoms with Crippen molar-refractivity contribution in [1.82, 2.24) is 15.0 Å². The van der Waals surface area contributed by atoms with E-state index in [1.165, 1.54) is 0 Å². The minimum atomic E-state index is -0.0544. The maximum atomic E-state index is 12.0. The van der Waals surface area contributed by atoms with E-state index in [0.717, 1.165) is 49.5 Å². The summed E-state index contributed by atoms with van der Waals surface area (Å²) < 4.78 is 10.8. The number of amides is 1. The lowest BCUT2D eigenvalue weighted by Crippen LogP contribution is -2.35. The van der Waals surface area contributed by atoms with Crippen molar-refractivity contribution in [3.8, 4) is 0 Å². The molecule has 27 heavy (non-hydrogen) atoms. The van der Waals surface area contributed by atoms with Crippen molar-refractivity contribution in [3.63, 3.8) is 0 Å². The third-order valence-electron chi connectivity index (χ3n) is 4.85. The average molecular weight is 389 g/mol. The molecular formula is C19H21ClN4O3. The van der Waals surface area contributed by atoms with Gasteiger partial charge in [-0.05, 0) is 51.1 Å². The van der Waals surface area contributed by atoms with Crippen molar-refractivity contribution in [2.45, 2.75) is 32.1 Å². The van der Waals surface area contributed by atoms with E-state index >= 15 is 0 Å². The second-order valence-electron chi connectivity index (χ2n) is 6.90. The van der Waals surface area contributed by atoms with Gasteiger partial charge in [-0.3, -0.25) is 4.79 Å². The van der Waals surface area contributed by atoms with Gasteiger partial charge in [-0.1, -0.05) is 16.8 Å². The molecule has 8 heteroatoms. The van der Waals surface area contributed by atoms with Crippen LogP contribution in [0.5, 0.6) is 0 Å². The average Bonchev–Trinajstić information content (AvgIpc) is 3.26. The minimum Gasteiger partial charge on any atom is -0.440 e. The zero-order valence-electron chi connectivity index (χ0n) is 15.1. The summed E-state index contributed by atoms with van der Waals surface area (Å²) >= 11 is 6.02. The number of oxazole rings is 1. The van der Waals surface area contributed by atoms with Crippen LogP contribution in [0.1, 0.15) is 36.8 Å². The number of fused-ring (bicyclic) bond motifs is 1. The standard InChI is InChI=1S/C19H21ClN4O3/c1-12-10-17(23-27-12)22-18(25)6-9-24-7-4-13(5-8-24)19-21-15-11-14(20)2-3-16(15)26-19/h2-3,10-11,13H,4-9H2,1H3,(H,22,23,25). The fraction of sp³-hybridized carbons (Fsp3) is 0.421. The predicted octanol–water partition coefficient (Wildman–Crippen LogP) is 3.99. The molecule has 1 aliphatic heterocycles. The molecule has 1 aliphatic rings. The molecule has 0 saturated carbocycles. The molecule has 1 amide bonds. The summed E-state index contributed by atoms with van der Waals surface area (Å²) in [7, 11) is 0. The van der Waals surface area contributed by atoms with Crippen LogP contribution in [0, 0.1) is 6.92 Å². The molecule has 1 N–H and O–H groups in total. The van der Waals surface area contributed by atoms with E-state index in [-0.39, 0.29) is 5.91 Å². The lowest BCUT2D eigenvalue weighted by molar-refractivity contribution is -0.116. The Kier molecular flexibility index (Phi) is 5.13. The predicted molar refractivity (Wildman–Crippen MR) is 102 cm³/mol. The van der Waals surface area contributed by atoms with Crippen LogP contribution in [0.3, 0.4) is 0 Å². The van der Waals surface area contributed by atoms with Crippen LogP contribution >= 0.6 is 11.6 Å². The third-order valence-corrected chi connectivity index (χ3v) is 5.09. The van der Waals surface area contributed by atoms with E-state index in [1.807, 2.05) is 18.2 Å². The largest absolute Gasteiger partial charge is 0.440 e. The molecule has 0 radical (unpaired) electrons. The number of carbonyl (C=O) groups excluding carboxylic acids is 1. The maximum Gasteiger partial charge on any atom is 0.226 e. The van der Waals surface area contributed by atoms with Gasteiger partial charge in [-0.25, -0.2) is 4.98 Å². The first-order valence-electron chi connectivity index (χ1n) is 9.08. The Morgan fingerprint density at radius 1 is 1.33 bits per heavy atom. The number of nitrogens with zero attached hydrogens (tertiary/aromatic N) is 3. The molecule has 7 nitrogen and oxygen atoms in total. The van der Waals surface area contributed by atoms with Crippen LogP contribution < -0.4 is 5.32 Å². The van der Waals surface area contributed by atoms with Crippen LogP contribution in [0.2, 0.25) is 5.02 Å². The Bertz CT molecular complexity index is 943. The van der Waals surface area contributed by atoms with Gasteiger partial charge in [0, 0.05) is 30.0 Å². The molecule has 3 heterocycles. The third kappa shape index (κ3) is 4.31. The number of benzene rings is 1. The van der Waals surface area contributed by atoms with Crippen molar-refractivity contribution in [2.75, 3.05) is 25.0 Å². The number of hydrogen-bond acceptors (Lipinski definition) is 6. The number of rotatable bonds is 5. The van der Waals surface area contributed by atoms with Gasteiger partial charge in [0.25, 0.3) is 0 Å². The SMILES string of the molecule is Cc1cc(NC(=O)CCN2CCC(c3nc4cc(Cl)ccc4o3)CC2)no1. The van der Waals surface area contributed by atoms with E-state index in [9.17, 15) is 4.79 Å². The topological polar surface area (TPSA) is 84.4 Å². The minimum absolute atomic E-state index is 0.0544. The van der Waals surface area contributed by atoms with Crippen molar-refractivity contribution < 1.29 is 13.7 Å². The summed E-state index contributed by atoms with van der Waals surface area (Å²) in [5.74, 6) is 2.17. The van der Waals surface area contributed by atoms with Crippen LogP contribution in [0.15, 0.2) is 33.2 Å². The van der Waals surface area contributed by atoms with Crippen molar-refractivity contribution >= 4 is 34.4 Å². The first-order chi connectivity index (χ1) is 13.1. The number of piperidine rings is 1. The Balaban J connectivity index is 1.26. The van der Waals surface area contributed by atoms with Gasteiger partial charge in [-0.2, -0.15) is 0 Å². The highest BCUT2D eigenvalue weighted by Gasteiger charge is 2.25. The van der Waals surface area contributed by atoms with Gasteiger partial charge in [0.05, 0.1) is 0 Å². The zero-order chi connectivity index (χ0) is 18.8. The first kappa shape index (κ1) is 18.0. The summed E-state index contributed by atoms with van der Waals surface area (Å²) in [6.07, 6.45) is 2.35. The van der Waals surface area contributed by atoms with Gasteiger partial charge in [0.1, 0.15) is 11.3 Å². The zero-order valence-corrected chi connectivity index (χ0v) is 15.8. The van der Waals surface area contributed by atoms with E-state index in [2.05, 4.69) is 20.4 Å². The number of hydrogen-bond donors (Lipinski definition) is 1. The van der Waals surface area contributed by atoms with Gasteiger partial charge >= 0.3 is 0 Å². The number of carbonyl (C=O) groups is 1. The molecule has 0 spiro atoms. The van der Waals surface area contributed by atoms with Crippen molar-refractivity contribution in [3.05, 3.63) is 40.9 Å². The quantitative estimate of drug-likeness (QED) is 0.711. The normalized spacial score (nSPS) is 16.1. The van der Waals surface area contributed by atoms with Crippen LogP contribution in [0.25, 0.3) is 11.1 Å². The number of aryl methyl sites for hydroxylation is 1. The second kappa shape index (κ2) is 7.70. The lowest BCUT2D eigenvalue weighted by Gasteiger charge is -2.30. The Morgan fingerprint density at radius 2 is 2.15 bits per heavy atom. The summed E-state index contributed by atoms with van der Waals surface area (Å²) in [6, 6.07) is 7.20. The van der Waals surface area contributed by atoms with Gasteiger partial charge in [0.15, 0.2) is 17.3 Å². The molecule has 1 saturated heterocycles. The van der Waals surface area contributed by atoms with E-state index in [4.69, 9.17) is 20.5 Å². The van der Waals surface area contributed by atoms with Crippen LogP contribution in [-0.2, 0) is 4.79 Å². The molecule has 0 unspecified atom stereocenters. The van der Waals surface area contributed by atoms with Crippen molar-refractivity contribution in [2.24, 2.45) is 0 Å². The lowest BCUT2D eigenvalue weighted by atomic mass is 9.96. The fourth-order valence-electron chi connectivity index (χ4n) is 3.39.